The molecule has 0 saturated carbocycles. The number of thioether (sulfide) groups is 1. The highest BCUT2D eigenvalue weighted by Crippen LogP contribution is 2.27. The molecule has 1 N–H and O–H groups in total. The number of nitrogens with zero attached hydrogens (tertiary/aromatic N) is 4. The average Bonchev–Trinajstić information content (AvgIpc) is 3.17. The summed E-state index contributed by atoms with van der Waals surface area (Å²) < 4.78 is 18.5. The number of amidine groups is 1. The van der Waals surface area contributed by atoms with Crippen LogP contribution >= 0.6 is 11.8 Å². The van der Waals surface area contributed by atoms with E-state index >= 15 is 0 Å². The van der Waals surface area contributed by atoms with E-state index in [2.05, 4.69) is 31.4 Å². The molecule has 0 aliphatic carbocycles. The van der Waals surface area contributed by atoms with Crippen LogP contribution in [0.3, 0.4) is 0 Å². The van der Waals surface area contributed by atoms with Crippen molar-refractivity contribution in [3.8, 4) is 11.3 Å². The van der Waals surface area contributed by atoms with Crippen molar-refractivity contribution >= 4 is 16.9 Å². The van der Waals surface area contributed by atoms with E-state index in [1.54, 1.807) is 36.3 Å². The topological polar surface area (TPSA) is 66.5 Å². The smallest absolute Gasteiger partial charge is 0.170 e. The highest BCUT2D eigenvalue weighted by Gasteiger charge is 2.16. The third-order valence-corrected chi connectivity index (χ3v) is 5.11. The van der Waals surface area contributed by atoms with E-state index in [1.807, 2.05) is 12.3 Å². The molecule has 3 aromatic rings. The largest absolute Gasteiger partial charge is 0.356 e. The zero-order chi connectivity index (χ0) is 18.5. The minimum absolute atomic E-state index is 0.272. The predicted molar refractivity (Wildman–Crippen MR) is 103 cm³/mol. The maximum absolute atomic E-state index is 13.1. The van der Waals surface area contributed by atoms with E-state index in [0.29, 0.717) is 18.2 Å². The maximum atomic E-state index is 13.1. The lowest BCUT2D eigenvalue weighted by molar-refractivity contribution is 0.258. The molecule has 1 aliphatic heterocycles. The van der Waals surface area contributed by atoms with E-state index in [0.717, 1.165) is 29.5 Å². The van der Waals surface area contributed by atoms with Gasteiger partial charge >= 0.3 is 0 Å². The number of halogens is 1. The lowest BCUT2D eigenvalue weighted by atomic mass is 10.1. The molecule has 0 spiro atoms. The molecule has 0 bridgehead atoms. The third kappa shape index (κ3) is 4.53. The first-order valence-electron chi connectivity index (χ1n) is 8.50. The summed E-state index contributed by atoms with van der Waals surface area (Å²) in [6.07, 6.45) is 5.34. The van der Waals surface area contributed by atoms with Gasteiger partial charge in [-0.2, -0.15) is 0 Å². The molecule has 0 unspecified atom stereocenters. The number of pyridine rings is 1. The van der Waals surface area contributed by atoms with Crippen LogP contribution in [0.1, 0.15) is 11.1 Å². The molecule has 4 rings (SSSR count). The number of rotatable bonds is 5. The first-order chi connectivity index (χ1) is 13.3. The molecule has 0 amide bonds. The van der Waals surface area contributed by atoms with Gasteiger partial charge in [-0.3, -0.25) is 9.88 Å². The standard InChI is InChI=1S/C19H18FN5OS/c20-17-5-3-15(4-6-17)18-16(9-24-26-18)11-27-19-22-12-25(13-23-19)10-14-2-1-7-21-8-14/h1-9H,10-13H2,(H,22,23). The molecule has 0 radical (unpaired) electrons. The van der Waals surface area contributed by atoms with Gasteiger partial charge in [-0.25, -0.2) is 9.38 Å². The Hall–Kier alpha value is -2.71. The number of benzene rings is 1. The summed E-state index contributed by atoms with van der Waals surface area (Å²) in [5.74, 6) is 1.06. The number of aliphatic imine (C=N–C) groups is 1. The highest BCUT2D eigenvalue weighted by atomic mass is 32.2. The summed E-state index contributed by atoms with van der Waals surface area (Å²) in [6.45, 7) is 2.18. The number of nitrogens with one attached hydrogen (secondary N) is 1. The molecule has 0 atom stereocenters. The van der Waals surface area contributed by atoms with Crippen LogP contribution in [0, 0.1) is 5.82 Å². The van der Waals surface area contributed by atoms with Gasteiger partial charge in [0, 0.05) is 35.8 Å². The Labute approximate surface area is 160 Å². The molecule has 0 fully saturated rings. The first-order valence-corrected chi connectivity index (χ1v) is 9.48. The van der Waals surface area contributed by atoms with Crippen LogP contribution in [0.2, 0.25) is 0 Å². The lowest BCUT2D eigenvalue weighted by Crippen LogP contribution is -2.41. The fourth-order valence-corrected chi connectivity index (χ4v) is 3.56. The third-order valence-electron chi connectivity index (χ3n) is 4.11. The monoisotopic (exact) mass is 383 g/mol. The van der Waals surface area contributed by atoms with E-state index in [1.165, 1.54) is 17.7 Å². The SMILES string of the molecule is Fc1ccc(-c2oncc2CSC2=NCN(Cc3cccnc3)CN2)cc1. The van der Waals surface area contributed by atoms with E-state index in [4.69, 9.17) is 4.52 Å². The van der Waals surface area contributed by atoms with Gasteiger partial charge in [0.1, 0.15) is 5.82 Å². The second-order valence-corrected chi connectivity index (χ2v) is 7.07. The van der Waals surface area contributed by atoms with Gasteiger partial charge in [-0.15, -0.1) is 0 Å². The second-order valence-electron chi connectivity index (χ2n) is 6.11. The van der Waals surface area contributed by atoms with Crippen molar-refractivity contribution in [1.29, 1.82) is 0 Å². The molecule has 138 valence electrons. The molecule has 3 heterocycles. The van der Waals surface area contributed by atoms with Gasteiger partial charge < -0.3 is 9.84 Å². The Kier molecular flexibility index (Phi) is 5.45. The second kappa shape index (κ2) is 8.32. The molecule has 1 aromatic carbocycles. The Morgan fingerprint density at radius 3 is 2.81 bits per heavy atom. The average molecular weight is 383 g/mol. The molecular weight excluding hydrogens is 365 g/mol. The summed E-state index contributed by atoms with van der Waals surface area (Å²) in [5.41, 5.74) is 2.93. The van der Waals surface area contributed by atoms with Crippen LogP contribution in [-0.2, 0) is 12.3 Å². The first kappa shape index (κ1) is 17.7. The van der Waals surface area contributed by atoms with E-state index in [-0.39, 0.29) is 5.82 Å². The quantitative estimate of drug-likeness (QED) is 0.728. The van der Waals surface area contributed by atoms with Gasteiger partial charge in [0.05, 0.1) is 19.5 Å². The van der Waals surface area contributed by atoms with Crippen LogP contribution < -0.4 is 5.32 Å². The fourth-order valence-electron chi connectivity index (χ4n) is 2.75. The molecule has 27 heavy (non-hydrogen) atoms. The lowest BCUT2D eigenvalue weighted by Gasteiger charge is -2.26. The number of aromatic nitrogens is 2. The van der Waals surface area contributed by atoms with E-state index in [9.17, 15) is 4.39 Å². The van der Waals surface area contributed by atoms with Crippen LogP contribution in [0.15, 0.2) is 64.5 Å². The van der Waals surface area contributed by atoms with Crippen molar-refractivity contribution in [2.75, 3.05) is 13.3 Å². The molecule has 2 aromatic heterocycles. The minimum atomic E-state index is -0.272. The van der Waals surface area contributed by atoms with E-state index < -0.39 is 0 Å². The van der Waals surface area contributed by atoms with Gasteiger partial charge in [-0.1, -0.05) is 23.0 Å². The van der Waals surface area contributed by atoms with Crippen LogP contribution in [0.4, 0.5) is 4.39 Å². The van der Waals surface area contributed by atoms with Crippen LogP contribution in [-0.4, -0.2) is 33.5 Å². The van der Waals surface area contributed by atoms with Crippen molar-refractivity contribution in [3.05, 3.63) is 71.9 Å². The highest BCUT2D eigenvalue weighted by molar-refractivity contribution is 8.13. The summed E-state index contributed by atoms with van der Waals surface area (Å²) in [7, 11) is 0. The molecule has 1 aliphatic rings. The zero-order valence-corrected chi connectivity index (χ0v) is 15.3. The van der Waals surface area contributed by atoms with Crippen molar-refractivity contribution in [2.45, 2.75) is 12.3 Å². The Bertz CT molecular complexity index is 913. The number of hydrogen-bond donors (Lipinski definition) is 1. The van der Waals surface area contributed by atoms with Crippen LogP contribution in [0.25, 0.3) is 11.3 Å². The Morgan fingerprint density at radius 2 is 2.07 bits per heavy atom. The fraction of sp³-hybridized carbons (Fsp3) is 0.211. The maximum Gasteiger partial charge on any atom is 0.170 e. The summed E-state index contributed by atoms with van der Waals surface area (Å²) in [4.78, 5) is 10.9. The van der Waals surface area contributed by atoms with Crippen LogP contribution in [0.5, 0.6) is 0 Å². The molecular formula is C19H18FN5OS. The molecule has 6 nitrogen and oxygen atoms in total. The van der Waals surface area contributed by atoms with Crippen molar-refractivity contribution < 1.29 is 8.91 Å². The van der Waals surface area contributed by atoms with Gasteiger partial charge in [0.25, 0.3) is 0 Å². The van der Waals surface area contributed by atoms with Crippen molar-refractivity contribution in [3.63, 3.8) is 0 Å². The zero-order valence-electron chi connectivity index (χ0n) is 14.5. The predicted octanol–water partition coefficient (Wildman–Crippen LogP) is 3.49. The van der Waals surface area contributed by atoms with Crippen molar-refractivity contribution in [2.24, 2.45) is 4.99 Å². The summed E-state index contributed by atoms with van der Waals surface area (Å²) in [6, 6.07) is 10.2. The van der Waals surface area contributed by atoms with Crippen molar-refractivity contribution in [1.82, 2.24) is 20.4 Å². The van der Waals surface area contributed by atoms with Gasteiger partial charge in [0.2, 0.25) is 0 Å². The van der Waals surface area contributed by atoms with Gasteiger partial charge in [-0.05, 0) is 35.9 Å². The minimum Gasteiger partial charge on any atom is -0.356 e. The molecule has 0 saturated heterocycles. The summed E-state index contributed by atoms with van der Waals surface area (Å²) in [5, 5.41) is 8.12. The molecule has 8 heteroatoms. The van der Waals surface area contributed by atoms with Gasteiger partial charge in [0.15, 0.2) is 10.9 Å². The normalized spacial score (nSPS) is 14.6. The number of hydrogen-bond acceptors (Lipinski definition) is 7. The Balaban J connectivity index is 1.34. The summed E-state index contributed by atoms with van der Waals surface area (Å²) >= 11 is 1.60. The Morgan fingerprint density at radius 1 is 1.19 bits per heavy atom.